The fourth-order valence-corrected chi connectivity index (χ4v) is 1.26. The zero-order chi connectivity index (χ0) is 13.5. The van der Waals surface area contributed by atoms with E-state index in [1.54, 1.807) is 31.3 Å². The Morgan fingerprint density at radius 2 is 1.39 bits per heavy atom. The van der Waals surface area contributed by atoms with Crippen LogP contribution in [0, 0.1) is 0 Å². The Kier molecular flexibility index (Phi) is 4.98. The molecule has 6 nitrogen and oxygen atoms in total. The molecular weight excluding hydrogens is 232 g/mol. The molecule has 0 fully saturated rings. The van der Waals surface area contributed by atoms with Crippen LogP contribution in [0.15, 0.2) is 24.3 Å². The molecule has 1 aromatic carbocycles. The van der Waals surface area contributed by atoms with E-state index < -0.39 is 0 Å². The van der Waals surface area contributed by atoms with E-state index >= 15 is 0 Å². The molecule has 0 atom stereocenters. The maximum atomic E-state index is 11.4. The fourth-order valence-electron chi connectivity index (χ4n) is 1.26. The largest absolute Gasteiger partial charge is 0.341 e. The van der Waals surface area contributed by atoms with Crippen molar-refractivity contribution in [3.63, 3.8) is 0 Å². The molecule has 4 amide bonds. The lowest BCUT2D eigenvalue weighted by molar-refractivity contribution is 0.249. The summed E-state index contributed by atoms with van der Waals surface area (Å²) in [7, 11) is 1.54. The highest BCUT2D eigenvalue weighted by atomic mass is 16.2. The number of carbonyl (C=O) groups is 2. The number of anilines is 2. The number of carbonyl (C=O) groups excluding carboxylic acids is 2. The van der Waals surface area contributed by atoms with Crippen LogP contribution in [0.1, 0.15) is 13.8 Å². The van der Waals surface area contributed by atoms with Crippen molar-refractivity contribution < 1.29 is 9.59 Å². The molecule has 1 aromatic rings. The minimum atomic E-state index is -0.284. The van der Waals surface area contributed by atoms with Gasteiger partial charge in [0.05, 0.1) is 0 Å². The number of urea groups is 2. The second-order valence-corrected chi connectivity index (χ2v) is 4.03. The molecule has 6 heteroatoms. The molecule has 1 rings (SSSR count). The molecule has 0 aliphatic carbocycles. The topological polar surface area (TPSA) is 82.3 Å². The van der Waals surface area contributed by atoms with Crippen molar-refractivity contribution in [3.05, 3.63) is 24.3 Å². The zero-order valence-electron chi connectivity index (χ0n) is 10.7. The van der Waals surface area contributed by atoms with E-state index in [0.29, 0.717) is 11.4 Å². The third-order valence-corrected chi connectivity index (χ3v) is 2.05. The maximum absolute atomic E-state index is 11.4. The highest BCUT2D eigenvalue weighted by Gasteiger charge is 2.03. The van der Waals surface area contributed by atoms with E-state index in [2.05, 4.69) is 21.3 Å². The summed E-state index contributed by atoms with van der Waals surface area (Å²) in [5.41, 5.74) is 1.32. The quantitative estimate of drug-likeness (QED) is 0.661. The Bertz CT molecular complexity index is 415. The summed E-state index contributed by atoms with van der Waals surface area (Å²) >= 11 is 0. The van der Waals surface area contributed by atoms with Crippen LogP contribution < -0.4 is 21.3 Å². The Hall–Kier alpha value is -2.24. The summed E-state index contributed by atoms with van der Waals surface area (Å²) in [5, 5.41) is 10.5. The smallest absolute Gasteiger partial charge is 0.319 e. The first-order chi connectivity index (χ1) is 8.51. The van der Waals surface area contributed by atoms with Gasteiger partial charge in [-0.05, 0) is 38.1 Å². The Morgan fingerprint density at radius 3 is 1.78 bits per heavy atom. The lowest BCUT2D eigenvalue weighted by Crippen LogP contribution is -2.34. The molecule has 0 radical (unpaired) electrons. The van der Waals surface area contributed by atoms with Gasteiger partial charge in [-0.25, -0.2) is 9.59 Å². The lowest BCUT2D eigenvalue weighted by atomic mass is 10.3. The van der Waals surface area contributed by atoms with Crippen LogP contribution in [0.4, 0.5) is 21.0 Å². The number of rotatable bonds is 3. The van der Waals surface area contributed by atoms with E-state index in [4.69, 9.17) is 0 Å². The molecule has 4 N–H and O–H groups in total. The average molecular weight is 250 g/mol. The Balaban J connectivity index is 2.55. The molecule has 0 saturated carbocycles. The fraction of sp³-hybridized carbons (Fsp3) is 0.333. The molecule has 0 heterocycles. The number of nitrogens with one attached hydrogen (secondary N) is 4. The highest BCUT2D eigenvalue weighted by Crippen LogP contribution is 2.13. The van der Waals surface area contributed by atoms with E-state index in [1.807, 2.05) is 13.8 Å². The normalized spacial score (nSPS) is 9.78. The van der Waals surface area contributed by atoms with Crippen LogP contribution in [0.25, 0.3) is 0 Å². The molecule has 0 aliphatic heterocycles. The molecule has 0 aliphatic rings. The van der Waals surface area contributed by atoms with E-state index in [-0.39, 0.29) is 18.1 Å². The Labute approximate surface area is 106 Å². The number of hydrogen-bond acceptors (Lipinski definition) is 2. The van der Waals surface area contributed by atoms with Crippen molar-refractivity contribution in [2.45, 2.75) is 19.9 Å². The predicted molar refractivity (Wildman–Crippen MR) is 71.8 cm³/mol. The Morgan fingerprint density at radius 1 is 0.944 bits per heavy atom. The van der Waals surface area contributed by atoms with Crippen molar-refractivity contribution in [2.24, 2.45) is 0 Å². The number of hydrogen-bond donors (Lipinski definition) is 4. The van der Waals surface area contributed by atoms with Gasteiger partial charge in [-0.1, -0.05) is 0 Å². The van der Waals surface area contributed by atoms with Crippen molar-refractivity contribution in [2.75, 3.05) is 17.7 Å². The zero-order valence-corrected chi connectivity index (χ0v) is 10.7. The first-order valence-corrected chi connectivity index (χ1v) is 5.67. The molecule has 0 unspecified atom stereocenters. The monoisotopic (exact) mass is 250 g/mol. The second kappa shape index (κ2) is 6.48. The number of benzene rings is 1. The SMILES string of the molecule is CNC(=O)Nc1ccc(NC(=O)NC(C)C)cc1. The van der Waals surface area contributed by atoms with Gasteiger partial charge in [0, 0.05) is 24.5 Å². The molecule has 0 saturated heterocycles. The molecular formula is C12H18N4O2. The molecule has 18 heavy (non-hydrogen) atoms. The van der Waals surface area contributed by atoms with E-state index in [1.165, 1.54) is 0 Å². The summed E-state index contributed by atoms with van der Waals surface area (Å²) < 4.78 is 0. The lowest BCUT2D eigenvalue weighted by Gasteiger charge is -2.10. The van der Waals surface area contributed by atoms with Crippen molar-refractivity contribution in [3.8, 4) is 0 Å². The van der Waals surface area contributed by atoms with Gasteiger partial charge in [0.15, 0.2) is 0 Å². The van der Waals surface area contributed by atoms with Gasteiger partial charge in [-0.3, -0.25) is 0 Å². The minimum absolute atomic E-state index is 0.0826. The molecule has 98 valence electrons. The number of amides is 4. The third-order valence-electron chi connectivity index (χ3n) is 2.05. The summed E-state index contributed by atoms with van der Waals surface area (Å²) in [6.45, 7) is 3.77. The van der Waals surface area contributed by atoms with Crippen LogP contribution in [-0.4, -0.2) is 25.2 Å². The van der Waals surface area contributed by atoms with Gasteiger partial charge in [-0.15, -0.1) is 0 Å². The van der Waals surface area contributed by atoms with Crippen molar-refractivity contribution >= 4 is 23.4 Å². The van der Waals surface area contributed by atoms with Crippen molar-refractivity contribution in [1.29, 1.82) is 0 Å². The van der Waals surface area contributed by atoms with E-state index in [9.17, 15) is 9.59 Å². The van der Waals surface area contributed by atoms with Gasteiger partial charge in [0.25, 0.3) is 0 Å². The van der Waals surface area contributed by atoms with Crippen LogP contribution in [0.2, 0.25) is 0 Å². The van der Waals surface area contributed by atoms with Crippen LogP contribution in [-0.2, 0) is 0 Å². The van der Waals surface area contributed by atoms with Gasteiger partial charge < -0.3 is 21.3 Å². The van der Waals surface area contributed by atoms with E-state index in [0.717, 1.165) is 0 Å². The standard InChI is InChI=1S/C12H18N4O2/c1-8(2)14-12(18)16-10-6-4-9(5-7-10)15-11(17)13-3/h4-8H,1-3H3,(H2,13,15,17)(H2,14,16,18). The molecule has 0 bridgehead atoms. The van der Waals surface area contributed by atoms with Crippen LogP contribution in [0.5, 0.6) is 0 Å². The summed E-state index contributed by atoms with van der Waals surface area (Å²) in [4.78, 5) is 22.5. The second-order valence-electron chi connectivity index (χ2n) is 4.03. The minimum Gasteiger partial charge on any atom is -0.341 e. The van der Waals surface area contributed by atoms with Gasteiger partial charge in [0.1, 0.15) is 0 Å². The van der Waals surface area contributed by atoms with Gasteiger partial charge in [-0.2, -0.15) is 0 Å². The summed E-state index contributed by atoms with van der Waals surface area (Å²) in [6, 6.07) is 6.39. The van der Waals surface area contributed by atoms with Crippen molar-refractivity contribution in [1.82, 2.24) is 10.6 Å². The predicted octanol–water partition coefficient (Wildman–Crippen LogP) is 1.97. The van der Waals surface area contributed by atoms with Crippen LogP contribution >= 0.6 is 0 Å². The van der Waals surface area contributed by atoms with Crippen LogP contribution in [0.3, 0.4) is 0 Å². The maximum Gasteiger partial charge on any atom is 0.319 e. The average Bonchev–Trinajstić information content (AvgIpc) is 2.30. The first kappa shape index (κ1) is 13.8. The summed E-state index contributed by atoms with van der Waals surface area (Å²) in [6.07, 6.45) is 0. The molecule has 0 spiro atoms. The summed E-state index contributed by atoms with van der Waals surface area (Å²) in [5.74, 6) is 0. The highest BCUT2D eigenvalue weighted by molar-refractivity contribution is 5.91. The third kappa shape index (κ3) is 4.73. The molecule has 0 aromatic heterocycles. The van der Waals surface area contributed by atoms with Gasteiger partial charge in [0.2, 0.25) is 0 Å². The van der Waals surface area contributed by atoms with Gasteiger partial charge >= 0.3 is 12.1 Å². The first-order valence-electron chi connectivity index (χ1n) is 5.67.